The molecular formula is C16H16N2S. The Morgan fingerprint density at radius 2 is 1.84 bits per heavy atom. The first-order valence-corrected chi connectivity index (χ1v) is 7.38. The number of benzene rings is 2. The van der Waals surface area contributed by atoms with Gasteiger partial charge in [-0.3, -0.25) is 0 Å². The predicted octanol–water partition coefficient (Wildman–Crippen LogP) is 4.47. The van der Waals surface area contributed by atoms with Gasteiger partial charge in [0.1, 0.15) is 0 Å². The second kappa shape index (κ2) is 5.41. The number of fused-ring (bicyclic) bond motifs is 1. The van der Waals surface area contributed by atoms with E-state index in [0.29, 0.717) is 0 Å². The zero-order valence-electron chi connectivity index (χ0n) is 10.9. The molecule has 0 aliphatic heterocycles. The maximum atomic E-state index is 4.29. The van der Waals surface area contributed by atoms with Crippen LogP contribution in [0, 0.1) is 0 Å². The van der Waals surface area contributed by atoms with Crippen molar-refractivity contribution in [1.29, 1.82) is 0 Å². The van der Waals surface area contributed by atoms with E-state index in [1.165, 1.54) is 15.8 Å². The van der Waals surface area contributed by atoms with Crippen LogP contribution < -0.4 is 5.32 Å². The summed E-state index contributed by atoms with van der Waals surface area (Å²) in [6.07, 6.45) is 1.09. The molecular weight excluding hydrogens is 252 g/mol. The monoisotopic (exact) mass is 268 g/mol. The largest absolute Gasteiger partial charge is 0.381 e. The van der Waals surface area contributed by atoms with Gasteiger partial charge in [0, 0.05) is 12.2 Å². The zero-order chi connectivity index (χ0) is 13.1. The average Bonchev–Trinajstić information content (AvgIpc) is 2.93. The molecule has 1 heterocycles. The van der Waals surface area contributed by atoms with Crippen LogP contribution in [-0.2, 0) is 13.0 Å². The third-order valence-electron chi connectivity index (χ3n) is 3.26. The van der Waals surface area contributed by atoms with E-state index < -0.39 is 0 Å². The van der Waals surface area contributed by atoms with Crippen molar-refractivity contribution in [1.82, 2.24) is 4.98 Å². The SMILES string of the molecule is CCc1ccc(CNc2ccc3ncsc3c2)cc1. The minimum atomic E-state index is 0.855. The topological polar surface area (TPSA) is 24.9 Å². The fourth-order valence-electron chi connectivity index (χ4n) is 2.06. The summed E-state index contributed by atoms with van der Waals surface area (Å²) in [4.78, 5) is 4.29. The number of hydrogen-bond acceptors (Lipinski definition) is 3. The fraction of sp³-hybridized carbons (Fsp3) is 0.188. The Morgan fingerprint density at radius 1 is 1.05 bits per heavy atom. The highest BCUT2D eigenvalue weighted by Gasteiger charge is 1.99. The first kappa shape index (κ1) is 12.2. The zero-order valence-corrected chi connectivity index (χ0v) is 11.7. The molecule has 2 nitrogen and oxygen atoms in total. The van der Waals surface area contributed by atoms with E-state index in [9.17, 15) is 0 Å². The van der Waals surface area contributed by atoms with Gasteiger partial charge in [-0.2, -0.15) is 0 Å². The highest BCUT2D eigenvalue weighted by atomic mass is 32.1. The van der Waals surface area contributed by atoms with E-state index >= 15 is 0 Å². The minimum absolute atomic E-state index is 0.855. The highest BCUT2D eigenvalue weighted by molar-refractivity contribution is 7.16. The van der Waals surface area contributed by atoms with Crippen molar-refractivity contribution in [3.8, 4) is 0 Å². The van der Waals surface area contributed by atoms with Gasteiger partial charge in [0.05, 0.1) is 15.7 Å². The Labute approximate surface area is 117 Å². The molecule has 0 radical (unpaired) electrons. The van der Waals surface area contributed by atoms with Gasteiger partial charge in [-0.05, 0) is 35.7 Å². The Kier molecular flexibility index (Phi) is 3.47. The molecule has 0 fully saturated rings. The number of aryl methyl sites for hydroxylation is 1. The molecule has 1 N–H and O–H groups in total. The fourth-order valence-corrected chi connectivity index (χ4v) is 2.78. The normalized spacial score (nSPS) is 10.8. The Morgan fingerprint density at radius 3 is 2.63 bits per heavy atom. The number of nitrogens with one attached hydrogen (secondary N) is 1. The predicted molar refractivity (Wildman–Crippen MR) is 82.8 cm³/mol. The van der Waals surface area contributed by atoms with E-state index in [0.717, 1.165) is 24.2 Å². The summed E-state index contributed by atoms with van der Waals surface area (Å²) in [6.45, 7) is 3.03. The van der Waals surface area contributed by atoms with Crippen molar-refractivity contribution in [2.24, 2.45) is 0 Å². The lowest BCUT2D eigenvalue weighted by molar-refractivity contribution is 1.11. The Balaban J connectivity index is 1.70. The molecule has 19 heavy (non-hydrogen) atoms. The molecule has 3 aromatic rings. The molecule has 0 spiro atoms. The van der Waals surface area contributed by atoms with Gasteiger partial charge in [-0.15, -0.1) is 11.3 Å². The molecule has 0 atom stereocenters. The van der Waals surface area contributed by atoms with Gasteiger partial charge in [-0.25, -0.2) is 4.98 Å². The van der Waals surface area contributed by atoms with Gasteiger partial charge in [0.25, 0.3) is 0 Å². The molecule has 96 valence electrons. The minimum Gasteiger partial charge on any atom is -0.381 e. The molecule has 3 rings (SSSR count). The van der Waals surface area contributed by atoms with Gasteiger partial charge < -0.3 is 5.32 Å². The maximum Gasteiger partial charge on any atom is 0.0813 e. The van der Waals surface area contributed by atoms with E-state index in [1.54, 1.807) is 11.3 Å². The van der Waals surface area contributed by atoms with Crippen LogP contribution in [0.3, 0.4) is 0 Å². The van der Waals surface area contributed by atoms with Crippen LogP contribution in [0.4, 0.5) is 5.69 Å². The van der Waals surface area contributed by atoms with Gasteiger partial charge in [0.15, 0.2) is 0 Å². The van der Waals surface area contributed by atoms with E-state index in [1.807, 2.05) is 5.51 Å². The molecule has 0 saturated carbocycles. The Hall–Kier alpha value is -1.87. The highest BCUT2D eigenvalue weighted by Crippen LogP contribution is 2.22. The summed E-state index contributed by atoms with van der Waals surface area (Å²) in [5.41, 5.74) is 6.80. The van der Waals surface area contributed by atoms with E-state index in [2.05, 4.69) is 59.7 Å². The first-order chi connectivity index (χ1) is 9.35. The molecule has 0 saturated heterocycles. The number of hydrogen-bond donors (Lipinski definition) is 1. The molecule has 0 amide bonds. The molecule has 1 aromatic heterocycles. The number of rotatable bonds is 4. The van der Waals surface area contributed by atoms with Crippen LogP contribution in [0.2, 0.25) is 0 Å². The number of nitrogens with zero attached hydrogens (tertiary/aromatic N) is 1. The summed E-state index contributed by atoms with van der Waals surface area (Å²) in [5, 5.41) is 3.46. The van der Waals surface area contributed by atoms with Crippen molar-refractivity contribution >= 4 is 27.2 Å². The summed E-state index contributed by atoms with van der Waals surface area (Å²) in [5.74, 6) is 0. The molecule has 0 aliphatic carbocycles. The number of anilines is 1. The maximum absolute atomic E-state index is 4.29. The number of thiazole rings is 1. The van der Waals surface area contributed by atoms with Crippen molar-refractivity contribution in [2.45, 2.75) is 19.9 Å². The summed E-state index contributed by atoms with van der Waals surface area (Å²) in [6, 6.07) is 15.1. The second-order valence-corrected chi connectivity index (χ2v) is 5.44. The lowest BCUT2D eigenvalue weighted by Crippen LogP contribution is -1.99. The Bertz CT molecular complexity index is 671. The van der Waals surface area contributed by atoms with Gasteiger partial charge in [-0.1, -0.05) is 31.2 Å². The van der Waals surface area contributed by atoms with Crippen LogP contribution >= 0.6 is 11.3 Å². The van der Waals surface area contributed by atoms with Crippen molar-refractivity contribution in [3.63, 3.8) is 0 Å². The van der Waals surface area contributed by atoms with Crippen LogP contribution in [0.1, 0.15) is 18.1 Å². The molecule has 0 unspecified atom stereocenters. The van der Waals surface area contributed by atoms with Crippen molar-refractivity contribution in [2.75, 3.05) is 5.32 Å². The van der Waals surface area contributed by atoms with Gasteiger partial charge in [0.2, 0.25) is 0 Å². The molecule has 3 heteroatoms. The van der Waals surface area contributed by atoms with Crippen LogP contribution in [0.15, 0.2) is 48.0 Å². The van der Waals surface area contributed by atoms with Crippen molar-refractivity contribution in [3.05, 3.63) is 59.1 Å². The van der Waals surface area contributed by atoms with Crippen LogP contribution in [-0.4, -0.2) is 4.98 Å². The van der Waals surface area contributed by atoms with Crippen molar-refractivity contribution < 1.29 is 0 Å². The van der Waals surface area contributed by atoms with E-state index in [4.69, 9.17) is 0 Å². The van der Waals surface area contributed by atoms with Gasteiger partial charge >= 0.3 is 0 Å². The molecule has 0 bridgehead atoms. The standard InChI is InChI=1S/C16H16N2S/c1-2-12-3-5-13(6-4-12)10-17-14-7-8-15-16(9-14)19-11-18-15/h3-9,11,17H,2,10H2,1H3. The third kappa shape index (κ3) is 2.76. The summed E-state index contributed by atoms with van der Waals surface area (Å²) < 4.78 is 1.23. The van der Waals surface area contributed by atoms with Crippen LogP contribution in [0.5, 0.6) is 0 Å². The molecule has 2 aromatic carbocycles. The molecule has 0 aliphatic rings. The lowest BCUT2D eigenvalue weighted by Gasteiger charge is -2.07. The second-order valence-electron chi connectivity index (χ2n) is 4.56. The number of aromatic nitrogens is 1. The average molecular weight is 268 g/mol. The summed E-state index contributed by atoms with van der Waals surface area (Å²) in [7, 11) is 0. The summed E-state index contributed by atoms with van der Waals surface area (Å²) >= 11 is 1.68. The quantitative estimate of drug-likeness (QED) is 0.755. The lowest BCUT2D eigenvalue weighted by atomic mass is 10.1. The smallest absolute Gasteiger partial charge is 0.0813 e. The first-order valence-electron chi connectivity index (χ1n) is 6.50. The van der Waals surface area contributed by atoms with E-state index in [-0.39, 0.29) is 0 Å². The third-order valence-corrected chi connectivity index (χ3v) is 4.05. The van der Waals surface area contributed by atoms with Crippen LogP contribution in [0.25, 0.3) is 10.2 Å².